The Balaban J connectivity index is 2.15. The van der Waals surface area contributed by atoms with Gasteiger partial charge in [0, 0.05) is 16.2 Å². The summed E-state index contributed by atoms with van der Waals surface area (Å²) in [5.41, 5.74) is 7.94. The molecule has 2 rings (SSSR count). The molecule has 0 bridgehead atoms. The van der Waals surface area contributed by atoms with Crippen LogP contribution < -0.4 is 5.73 Å². The summed E-state index contributed by atoms with van der Waals surface area (Å²) >= 11 is 7.73. The maximum Gasteiger partial charge on any atom is 0.141 e. The Hall–Kier alpha value is -1.26. The standard InChI is InChI=1S/C14H16ClN3S/c1-3-10-9(2)17-13(18-14(10)16)8-19-12-7-5-4-6-11(12)15/h4-7H,3,8H2,1-2H3,(H2,16,17,18). The Morgan fingerprint density at radius 1 is 1.26 bits per heavy atom. The highest BCUT2D eigenvalue weighted by molar-refractivity contribution is 7.98. The first-order valence-electron chi connectivity index (χ1n) is 6.11. The lowest BCUT2D eigenvalue weighted by Crippen LogP contribution is -2.06. The highest BCUT2D eigenvalue weighted by Crippen LogP contribution is 2.29. The molecule has 100 valence electrons. The van der Waals surface area contributed by atoms with Gasteiger partial charge in [-0.25, -0.2) is 9.97 Å². The molecule has 1 heterocycles. The minimum absolute atomic E-state index is 0.588. The fourth-order valence-corrected chi connectivity index (χ4v) is 2.98. The number of nitrogen functional groups attached to an aromatic ring is 1. The molecule has 0 amide bonds. The third-order valence-corrected chi connectivity index (χ3v) is 4.35. The summed E-state index contributed by atoms with van der Waals surface area (Å²) in [5.74, 6) is 2.00. The molecule has 1 aromatic heterocycles. The molecule has 0 aliphatic heterocycles. The van der Waals surface area contributed by atoms with Gasteiger partial charge in [-0.3, -0.25) is 0 Å². The molecule has 0 spiro atoms. The van der Waals surface area contributed by atoms with Gasteiger partial charge in [0.25, 0.3) is 0 Å². The molecule has 3 nitrogen and oxygen atoms in total. The van der Waals surface area contributed by atoms with Crippen molar-refractivity contribution in [2.75, 3.05) is 5.73 Å². The van der Waals surface area contributed by atoms with Gasteiger partial charge in [-0.2, -0.15) is 0 Å². The van der Waals surface area contributed by atoms with Gasteiger partial charge in [0.15, 0.2) is 0 Å². The zero-order valence-electron chi connectivity index (χ0n) is 11.0. The van der Waals surface area contributed by atoms with Crippen LogP contribution in [0.4, 0.5) is 5.82 Å². The lowest BCUT2D eigenvalue weighted by atomic mass is 10.2. The van der Waals surface area contributed by atoms with E-state index in [1.807, 2.05) is 31.2 Å². The van der Waals surface area contributed by atoms with Gasteiger partial charge in [-0.1, -0.05) is 30.7 Å². The molecule has 1 aromatic carbocycles. The number of aromatic nitrogens is 2. The third-order valence-electron chi connectivity index (χ3n) is 2.84. The molecule has 2 aromatic rings. The van der Waals surface area contributed by atoms with E-state index < -0.39 is 0 Å². The Labute approximate surface area is 122 Å². The van der Waals surface area contributed by atoms with Gasteiger partial charge in [0.2, 0.25) is 0 Å². The Kier molecular flexibility index (Phi) is 4.66. The first kappa shape index (κ1) is 14.2. The van der Waals surface area contributed by atoms with Crippen molar-refractivity contribution in [3.8, 4) is 0 Å². The predicted molar refractivity (Wildman–Crippen MR) is 81.6 cm³/mol. The normalized spacial score (nSPS) is 10.7. The molecule has 0 radical (unpaired) electrons. The fraction of sp³-hybridized carbons (Fsp3) is 0.286. The first-order valence-corrected chi connectivity index (χ1v) is 7.47. The van der Waals surface area contributed by atoms with Crippen molar-refractivity contribution in [3.05, 3.63) is 46.4 Å². The van der Waals surface area contributed by atoms with E-state index in [0.717, 1.165) is 33.4 Å². The summed E-state index contributed by atoms with van der Waals surface area (Å²) in [4.78, 5) is 9.88. The number of thioether (sulfide) groups is 1. The van der Waals surface area contributed by atoms with Crippen molar-refractivity contribution in [2.24, 2.45) is 0 Å². The molecular weight excluding hydrogens is 278 g/mol. The highest BCUT2D eigenvalue weighted by Gasteiger charge is 2.08. The highest BCUT2D eigenvalue weighted by atomic mass is 35.5. The van der Waals surface area contributed by atoms with E-state index in [4.69, 9.17) is 17.3 Å². The van der Waals surface area contributed by atoms with Crippen molar-refractivity contribution < 1.29 is 0 Å². The van der Waals surface area contributed by atoms with Crippen LogP contribution in [0.2, 0.25) is 5.02 Å². The SMILES string of the molecule is CCc1c(C)nc(CSc2ccccc2Cl)nc1N. The van der Waals surface area contributed by atoms with Crippen LogP contribution in [-0.4, -0.2) is 9.97 Å². The molecule has 0 fully saturated rings. The smallest absolute Gasteiger partial charge is 0.141 e. The van der Waals surface area contributed by atoms with E-state index in [9.17, 15) is 0 Å². The van der Waals surface area contributed by atoms with Crippen molar-refractivity contribution in [3.63, 3.8) is 0 Å². The lowest BCUT2D eigenvalue weighted by Gasteiger charge is -2.09. The van der Waals surface area contributed by atoms with E-state index in [0.29, 0.717) is 11.6 Å². The van der Waals surface area contributed by atoms with Crippen LogP contribution in [-0.2, 0) is 12.2 Å². The zero-order valence-corrected chi connectivity index (χ0v) is 12.6. The van der Waals surface area contributed by atoms with Crippen LogP contribution in [0.3, 0.4) is 0 Å². The molecule has 0 aliphatic rings. The minimum Gasteiger partial charge on any atom is -0.383 e. The van der Waals surface area contributed by atoms with E-state index in [1.165, 1.54) is 0 Å². The summed E-state index contributed by atoms with van der Waals surface area (Å²) in [7, 11) is 0. The number of nitrogens with two attached hydrogens (primary N) is 1. The summed E-state index contributed by atoms with van der Waals surface area (Å²) in [6, 6.07) is 7.75. The Bertz CT molecular complexity index is 564. The quantitative estimate of drug-likeness (QED) is 0.869. The van der Waals surface area contributed by atoms with Gasteiger partial charge in [-0.15, -0.1) is 11.8 Å². The van der Waals surface area contributed by atoms with E-state index in [2.05, 4.69) is 16.9 Å². The summed E-state index contributed by atoms with van der Waals surface area (Å²) in [6.07, 6.45) is 0.857. The largest absolute Gasteiger partial charge is 0.383 e. The lowest BCUT2D eigenvalue weighted by molar-refractivity contribution is 0.947. The number of aryl methyl sites for hydroxylation is 1. The van der Waals surface area contributed by atoms with E-state index >= 15 is 0 Å². The van der Waals surface area contributed by atoms with Crippen molar-refractivity contribution in [1.29, 1.82) is 0 Å². The third kappa shape index (κ3) is 3.39. The average molecular weight is 294 g/mol. The van der Waals surface area contributed by atoms with Crippen molar-refractivity contribution >= 4 is 29.2 Å². The molecule has 0 saturated heterocycles. The maximum atomic E-state index is 6.11. The number of halogens is 1. The van der Waals surface area contributed by atoms with Crippen LogP contribution >= 0.6 is 23.4 Å². The molecule has 0 saturated carbocycles. The van der Waals surface area contributed by atoms with Gasteiger partial charge >= 0.3 is 0 Å². The van der Waals surface area contributed by atoms with Gasteiger partial charge in [-0.05, 0) is 25.5 Å². The van der Waals surface area contributed by atoms with Crippen molar-refractivity contribution in [2.45, 2.75) is 30.9 Å². The first-order chi connectivity index (χ1) is 9.11. The van der Waals surface area contributed by atoms with E-state index in [-0.39, 0.29) is 0 Å². The molecule has 0 aliphatic carbocycles. The second kappa shape index (κ2) is 6.26. The number of nitrogens with zero attached hydrogens (tertiary/aromatic N) is 2. The number of hydrogen-bond donors (Lipinski definition) is 1. The van der Waals surface area contributed by atoms with Crippen LogP contribution in [0, 0.1) is 6.92 Å². The topological polar surface area (TPSA) is 51.8 Å². The number of rotatable bonds is 4. The average Bonchev–Trinajstić information content (AvgIpc) is 2.37. The fourth-order valence-electron chi connectivity index (χ4n) is 1.88. The summed E-state index contributed by atoms with van der Waals surface area (Å²) < 4.78 is 0. The zero-order chi connectivity index (χ0) is 13.8. The van der Waals surface area contributed by atoms with Crippen LogP contribution in [0.25, 0.3) is 0 Å². The molecule has 2 N–H and O–H groups in total. The predicted octanol–water partition coefficient (Wildman–Crippen LogP) is 3.88. The number of benzene rings is 1. The van der Waals surface area contributed by atoms with Gasteiger partial charge in [0.1, 0.15) is 11.6 Å². The van der Waals surface area contributed by atoms with Crippen LogP contribution in [0.5, 0.6) is 0 Å². The second-order valence-electron chi connectivity index (χ2n) is 4.16. The van der Waals surface area contributed by atoms with Crippen LogP contribution in [0.15, 0.2) is 29.2 Å². The second-order valence-corrected chi connectivity index (χ2v) is 5.59. The van der Waals surface area contributed by atoms with Gasteiger partial charge < -0.3 is 5.73 Å². The Morgan fingerprint density at radius 2 is 2.00 bits per heavy atom. The molecule has 5 heteroatoms. The van der Waals surface area contributed by atoms with E-state index in [1.54, 1.807) is 11.8 Å². The maximum absolute atomic E-state index is 6.11. The summed E-state index contributed by atoms with van der Waals surface area (Å²) in [5, 5.41) is 0.752. The molecule has 0 unspecified atom stereocenters. The molecule has 19 heavy (non-hydrogen) atoms. The van der Waals surface area contributed by atoms with Gasteiger partial charge in [0.05, 0.1) is 10.8 Å². The van der Waals surface area contributed by atoms with Crippen molar-refractivity contribution in [1.82, 2.24) is 9.97 Å². The Morgan fingerprint density at radius 3 is 2.63 bits per heavy atom. The van der Waals surface area contributed by atoms with Crippen LogP contribution in [0.1, 0.15) is 24.0 Å². The molecule has 0 atom stereocenters. The summed E-state index contributed by atoms with van der Waals surface area (Å²) in [6.45, 7) is 4.03. The number of anilines is 1. The minimum atomic E-state index is 0.588. The molecular formula is C14H16ClN3S. The number of hydrogen-bond acceptors (Lipinski definition) is 4. The monoisotopic (exact) mass is 293 g/mol.